The molecular weight excluding hydrogens is 437 g/mol. The van der Waals surface area contributed by atoms with Crippen LogP contribution in [0.1, 0.15) is 35.7 Å². The van der Waals surface area contributed by atoms with E-state index in [1.165, 1.54) is 0 Å². The maximum atomic E-state index is 13.1. The van der Waals surface area contributed by atoms with Crippen molar-refractivity contribution in [1.82, 2.24) is 20.1 Å². The second kappa shape index (κ2) is 9.85. The van der Waals surface area contributed by atoms with Gasteiger partial charge in [-0.3, -0.25) is 4.79 Å². The first-order valence-electron chi connectivity index (χ1n) is 10.5. The van der Waals surface area contributed by atoms with Crippen molar-refractivity contribution in [3.63, 3.8) is 0 Å². The molecule has 0 spiro atoms. The van der Waals surface area contributed by atoms with Gasteiger partial charge >= 0.3 is 0 Å². The van der Waals surface area contributed by atoms with E-state index >= 15 is 0 Å². The number of hydrogen-bond donors (Lipinski definition) is 2. The number of rotatable bonds is 7. The zero-order valence-corrected chi connectivity index (χ0v) is 18.8. The number of hydrogen-bond acceptors (Lipinski definition) is 5. The highest BCUT2D eigenvalue weighted by Gasteiger charge is 2.22. The Hall–Kier alpha value is -2.35. The molecule has 9 heteroatoms. The van der Waals surface area contributed by atoms with E-state index in [0.29, 0.717) is 48.3 Å². The Morgan fingerprint density at radius 3 is 2.68 bits per heavy atom. The number of aromatic nitrogens is 3. The minimum absolute atomic E-state index is 0.198. The quantitative estimate of drug-likeness (QED) is 0.547. The third-order valence-electron chi connectivity index (χ3n) is 5.50. The number of nitrogens with zero attached hydrogens (tertiary/aromatic N) is 3. The minimum Gasteiger partial charge on any atom is -0.381 e. The van der Waals surface area contributed by atoms with Gasteiger partial charge in [0.25, 0.3) is 5.91 Å². The Balaban J connectivity index is 1.56. The van der Waals surface area contributed by atoms with E-state index in [2.05, 4.69) is 20.7 Å². The Morgan fingerprint density at radius 1 is 1.23 bits per heavy atom. The largest absolute Gasteiger partial charge is 0.381 e. The average molecular weight is 462 g/mol. The topological polar surface area (TPSA) is 81.1 Å². The molecule has 0 saturated carbocycles. The van der Waals surface area contributed by atoms with Crippen LogP contribution in [0.5, 0.6) is 0 Å². The fraction of sp³-hybridized carbons (Fsp3) is 0.409. The highest BCUT2D eigenvalue weighted by atomic mass is 35.5. The Kier molecular flexibility index (Phi) is 6.95. The number of pyridine rings is 1. The number of aryl methyl sites for hydroxylation is 1. The Bertz CT molecular complexity index is 1060. The molecule has 0 aliphatic carbocycles. The van der Waals surface area contributed by atoms with E-state index < -0.39 is 0 Å². The van der Waals surface area contributed by atoms with Gasteiger partial charge in [-0.05, 0) is 43.9 Å². The minimum atomic E-state index is -0.198. The molecule has 1 aliphatic rings. The summed E-state index contributed by atoms with van der Waals surface area (Å²) in [5, 5.41) is 13.0. The van der Waals surface area contributed by atoms with Crippen LogP contribution in [0, 0.1) is 0 Å². The maximum absolute atomic E-state index is 13.1. The van der Waals surface area contributed by atoms with Gasteiger partial charge < -0.3 is 15.4 Å². The van der Waals surface area contributed by atoms with Gasteiger partial charge in [0, 0.05) is 48.6 Å². The van der Waals surface area contributed by atoms with E-state index in [9.17, 15) is 4.79 Å². The lowest BCUT2D eigenvalue weighted by atomic mass is 10.1. The van der Waals surface area contributed by atoms with Crippen molar-refractivity contribution >= 4 is 45.8 Å². The SMILES string of the molecule is CCn1ncc2c(NC3CCOCC3)c(C(=O)NCCc3c(Cl)cccc3Cl)cnc21. The molecule has 1 fully saturated rings. The lowest BCUT2D eigenvalue weighted by Crippen LogP contribution is -2.31. The molecule has 2 N–H and O–H groups in total. The summed E-state index contributed by atoms with van der Waals surface area (Å²) in [5.74, 6) is -0.198. The van der Waals surface area contributed by atoms with Crippen molar-refractivity contribution in [3.05, 3.63) is 51.8 Å². The van der Waals surface area contributed by atoms with Crippen LogP contribution >= 0.6 is 23.2 Å². The van der Waals surface area contributed by atoms with Crippen molar-refractivity contribution in [2.75, 3.05) is 25.1 Å². The van der Waals surface area contributed by atoms with Gasteiger partial charge in [0.2, 0.25) is 0 Å². The summed E-state index contributed by atoms with van der Waals surface area (Å²) in [7, 11) is 0. The van der Waals surface area contributed by atoms with E-state index in [0.717, 1.165) is 35.1 Å². The number of amides is 1. The molecule has 1 aliphatic heterocycles. The van der Waals surface area contributed by atoms with Gasteiger partial charge in [-0.1, -0.05) is 29.3 Å². The molecule has 3 heterocycles. The molecule has 0 radical (unpaired) electrons. The van der Waals surface area contributed by atoms with Gasteiger partial charge in [-0.2, -0.15) is 5.10 Å². The molecule has 2 aromatic heterocycles. The third-order valence-corrected chi connectivity index (χ3v) is 6.21. The van der Waals surface area contributed by atoms with Crippen LogP contribution in [0.15, 0.2) is 30.6 Å². The van der Waals surface area contributed by atoms with E-state index in [4.69, 9.17) is 27.9 Å². The molecule has 1 saturated heterocycles. The van der Waals surface area contributed by atoms with Crippen LogP contribution in [0.4, 0.5) is 5.69 Å². The number of ether oxygens (including phenoxy) is 1. The summed E-state index contributed by atoms with van der Waals surface area (Å²) in [6, 6.07) is 5.63. The summed E-state index contributed by atoms with van der Waals surface area (Å²) >= 11 is 12.5. The predicted molar refractivity (Wildman–Crippen MR) is 123 cm³/mol. The van der Waals surface area contributed by atoms with Crippen molar-refractivity contribution < 1.29 is 9.53 Å². The molecule has 0 bridgehead atoms. The van der Waals surface area contributed by atoms with Gasteiger partial charge in [-0.15, -0.1) is 0 Å². The standard InChI is InChI=1S/C22H25Cl2N5O2/c1-2-29-21-16(13-27-29)20(28-14-7-10-31-11-8-14)17(12-26-21)22(30)25-9-6-15-18(23)4-3-5-19(15)24/h3-5,12-14H,2,6-11H2,1H3,(H,25,30)(H,26,28). The Labute approximate surface area is 191 Å². The van der Waals surface area contributed by atoms with Crippen LogP contribution in [0.25, 0.3) is 11.0 Å². The second-order valence-electron chi connectivity index (χ2n) is 7.48. The van der Waals surface area contributed by atoms with Crippen LogP contribution < -0.4 is 10.6 Å². The van der Waals surface area contributed by atoms with Crippen LogP contribution in [0.3, 0.4) is 0 Å². The third kappa shape index (κ3) is 4.79. The second-order valence-corrected chi connectivity index (χ2v) is 8.30. The average Bonchev–Trinajstić information content (AvgIpc) is 3.20. The molecule has 164 valence electrons. The summed E-state index contributed by atoms with van der Waals surface area (Å²) in [5.41, 5.74) is 2.85. The smallest absolute Gasteiger partial charge is 0.254 e. The van der Waals surface area contributed by atoms with Crippen LogP contribution in [-0.4, -0.2) is 46.5 Å². The molecule has 3 aromatic rings. The first-order valence-corrected chi connectivity index (χ1v) is 11.2. The van der Waals surface area contributed by atoms with Crippen molar-refractivity contribution in [3.8, 4) is 0 Å². The number of anilines is 1. The molecule has 7 nitrogen and oxygen atoms in total. The monoisotopic (exact) mass is 461 g/mol. The molecule has 1 aromatic carbocycles. The number of carbonyl (C=O) groups excluding carboxylic acids is 1. The summed E-state index contributed by atoms with van der Waals surface area (Å²) < 4.78 is 7.29. The number of halogens is 2. The fourth-order valence-electron chi connectivity index (χ4n) is 3.80. The molecule has 1 amide bonds. The van der Waals surface area contributed by atoms with Crippen molar-refractivity contribution in [1.29, 1.82) is 0 Å². The fourth-order valence-corrected chi connectivity index (χ4v) is 4.39. The zero-order chi connectivity index (χ0) is 21.8. The number of benzene rings is 1. The first kappa shape index (κ1) is 21.9. The van der Waals surface area contributed by atoms with Crippen LogP contribution in [-0.2, 0) is 17.7 Å². The number of carbonyl (C=O) groups is 1. The highest BCUT2D eigenvalue weighted by molar-refractivity contribution is 6.36. The molecule has 4 rings (SSSR count). The molecule has 0 unspecified atom stereocenters. The van der Waals surface area contributed by atoms with Gasteiger partial charge in [0.1, 0.15) is 0 Å². The van der Waals surface area contributed by atoms with Gasteiger partial charge in [0.05, 0.1) is 22.8 Å². The van der Waals surface area contributed by atoms with Crippen molar-refractivity contribution in [2.45, 2.75) is 38.8 Å². The molecule has 31 heavy (non-hydrogen) atoms. The first-order chi connectivity index (χ1) is 15.1. The molecular formula is C22H25Cl2N5O2. The maximum Gasteiger partial charge on any atom is 0.254 e. The van der Waals surface area contributed by atoms with E-state index in [-0.39, 0.29) is 11.9 Å². The zero-order valence-electron chi connectivity index (χ0n) is 17.3. The van der Waals surface area contributed by atoms with E-state index in [1.54, 1.807) is 30.6 Å². The lowest BCUT2D eigenvalue weighted by molar-refractivity contribution is 0.0904. The lowest BCUT2D eigenvalue weighted by Gasteiger charge is -2.25. The summed E-state index contributed by atoms with van der Waals surface area (Å²) in [6.07, 6.45) is 5.70. The van der Waals surface area contributed by atoms with Crippen LogP contribution in [0.2, 0.25) is 10.0 Å². The number of fused-ring (bicyclic) bond motifs is 1. The predicted octanol–water partition coefficient (Wildman–Crippen LogP) is 4.32. The summed E-state index contributed by atoms with van der Waals surface area (Å²) in [6.45, 7) is 4.54. The van der Waals surface area contributed by atoms with Crippen molar-refractivity contribution in [2.24, 2.45) is 0 Å². The van der Waals surface area contributed by atoms with E-state index in [1.807, 2.05) is 11.6 Å². The number of nitrogens with one attached hydrogen (secondary N) is 2. The summed E-state index contributed by atoms with van der Waals surface area (Å²) in [4.78, 5) is 17.6. The normalized spacial score (nSPS) is 14.7. The van der Waals surface area contributed by atoms with Gasteiger partial charge in [-0.25, -0.2) is 9.67 Å². The Morgan fingerprint density at radius 2 is 1.97 bits per heavy atom. The highest BCUT2D eigenvalue weighted by Crippen LogP contribution is 2.29. The van der Waals surface area contributed by atoms with Gasteiger partial charge in [0.15, 0.2) is 5.65 Å². The molecule has 0 atom stereocenters.